The van der Waals surface area contributed by atoms with Crippen molar-refractivity contribution >= 4 is 5.91 Å². The van der Waals surface area contributed by atoms with Crippen molar-refractivity contribution in [1.82, 2.24) is 9.80 Å². The summed E-state index contributed by atoms with van der Waals surface area (Å²) in [5.41, 5.74) is 2.68. The molecule has 116 valence electrons. The highest BCUT2D eigenvalue weighted by Crippen LogP contribution is 2.21. The van der Waals surface area contributed by atoms with Gasteiger partial charge in [-0.25, -0.2) is 0 Å². The smallest absolute Gasteiger partial charge is 0.225 e. The van der Waals surface area contributed by atoms with Gasteiger partial charge in [0.05, 0.1) is 0 Å². The standard InChI is InChI=1S/C18H28N2O/c1-4-20(5-2)18(21)17-10-12-19(13-11-17)14-16-8-6-15(3)7-9-16/h6-9,17H,4-5,10-14H2,1-3H3. The normalized spacial score (nSPS) is 16.9. The minimum absolute atomic E-state index is 0.235. The lowest BCUT2D eigenvalue weighted by Crippen LogP contribution is -2.42. The van der Waals surface area contributed by atoms with Gasteiger partial charge in [0.1, 0.15) is 0 Å². The zero-order valence-electron chi connectivity index (χ0n) is 13.6. The van der Waals surface area contributed by atoms with E-state index in [0.717, 1.165) is 45.6 Å². The molecule has 1 aromatic carbocycles. The van der Waals surface area contributed by atoms with Gasteiger partial charge in [0, 0.05) is 25.6 Å². The topological polar surface area (TPSA) is 23.6 Å². The summed E-state index contributed by atoms with van der Waals surface area (Å²) in [4.78, 5) is 16.8. The maximum Gasteiger partial charge on any atom is 0.225 e. The minimum Gasteiger partial charge on any atom is -0.343 e. The van der Waals surface area contributed by atoms with Crippen LogP contribution in [0.4, 0.5) is 0 Å². The van der Waals surface area contributed by atoms with E-state index in [1.165, 1.54) is 11.1 Å². The highest BCUT2D eigenvalue weighted by atomic mass is 16.2. The molecule has 0 unspecified atom stereocenters. The van der Waals surface area contributed by atoms with E-state index in [1.807, 2.05) is 4.90 Å². The van der Waals surface area contributed by atoms with Crippen molar-refractivity contribution in [2.45, 2.75) is 40.2 Å². The predicted molar refractivity (Wildman–Crippen MR) is 87.1 cm³/mol. The number of benzene rings is 1. The molecule has 0 radical (unpaired) electrons. The average Bonchev–Trinajstić information content (AvgIpc) is 2.51. The third kappa shape index (κ3) is 4.31. The Bertz CT molecular complexity index is 443. The Morgan fingerprint density at radius 3 is 2.24 bits per heavy atom. The van der Waals surface area contributed by atoms with Gasteiger partial charge >= 0.3 is 0 Å². The number of likely N-dealkylation sites (tertiary alicyclic amines) is 1. The Hall–Kier alpha value is -1.35. The lowest BCUT2D eigenvalue weighted by molar-refractivity contribution is -0.136. The SMILES string of the molecule is CCN(CC)C(=O)C1CCN(Cc2ccc(C)cc2)CC1. The van der Waals surface area contributed by atoms with E-state index in [2.05, 4.69) is 49.9 Å². The first-order chi connectivity index (χ1) is 10.1. The van der Waals surface area contributed by atoms with E-state index in [0.29, 0.717) is 5.91 Å². The molecule has 0 aliphatic carbocycles. The molecular weight excluding hydrogens is 260 g/mol. The number of piperidine rings is 1. The van der Waals surface area contributed by atoms with E-state index >= 15 is 0 Å². The van der Waals surface area contributed by atoms with E-state index < -0.39 is 0 Å². The molecule has 0 atom stereocenters. The lowest BCUT2D eigenvalue weighted by atomic mass is 9.95. The van der Waals surface area contributed by atoms with Crippen molar-refractivity contribution in [1.29, 1.82) is 0 Å². The Morgan fingerprint density at radius 2 is 1.71 bits per heavy atom. The Balaban J connectivity index is 1.83. The van der Waals surface area contributed by atoms with Gasteiger partial charge in [0.25, 0.3) is 0 Å². The first-order valence-electron chi connectivity index (χ1n) is 8.20. The molecule has 21 heavy (non-hydrogen) atoms. The first kappa shape index (κ1) is 16.0. The second kappa shape index (κ2) is 7.60. The second-order valence-electron chi connectivity index (χ2n) is 6.05. The Labute approximate surface area is 128 Å². The summed E-state index contributed by atoms with van der Waals surface area (Å²) >= 11 is 0. The van der Waals surface area contributed by atoms with E-state index in [9.17, 15) is 4.79 Å². The van der Waals surface area contributed by atoms with Gasteiger partial charge < -0.3 is 4.90 Å². The highest BCUT2D eigenvalue weighted by molar-refractivity contribution is 5.78. The molecule has 1 aliphatic heterocycles. The second-order valence-corrected chi connectivity index (χ2v) is 6.05. The molecule has 0 N–H and O–H groups in total. The molecule has 0 aromatic heterocycles. The van der Waals surface area contributed by atoms with Gasteiger partial charge in [0.15, 0.2) is 0 Å². The van der Waals surface area contributed by atoms with Crippen molar-refractivity contribution in [2.24, 2.45) is 5.92 Å². The van der Waals surface area contributed by atoms with Gasteiger partial charge in [0.2, 0.25) is 5.91 Å². The molecule has 3 heteroatoms. The molecule has 3 nitrogen and oxygen atoms in total. The molecule has 0 saturated carbocycles. The van der Waals surface area contributed by atoms with Crippen LogP contribution in [0.3, 0.4) is 0 Å². The molecule has 1 fully saturated rings. The largest absolute Gasteiger partial charge is 0.343 e. The lowest BCUT2D eigenvalue weighted by Gasteiger charge is -2.33. The zero-order chi connectivity index (χ0) is 15.2. The molecule has 1 aromatic rings. The third-order valence-corrected chi connectivity index (χ3v) is 4.54. The summed E-state index contributed by atoms with van der Waals surface area (Å²) in [6.45, 7) is 11.0. The maximum atomic E-state index is 12.4. The summed E-state index contributed by atoms with van der Waals surface area (Å²) in [5, 5.41) is 0. The van der Waals surface area contributed by atoms with Gasteiger partial charge in [-0.15, -0.1) is 0 Å². The number of hydrogen-bond acceptors (Lipinski definition) is 2. The number of aryl methyl sites for hydroxylation is 1. The average molecular weight is 288 g/mol. The molecule has 0 spiro atoms. The quantitative estimate of drug-likeness (QED) is 0.831. The van der Waals surface area contributed by atoms with Crippen molar-refractivity contribution in [3.8, 4) is 0 Å². The van der Waals surface area contributed by atoms with E-state index in [-0.39, 0.29) is 5.92 Å². The minimum atomic E-state index is 0.235. The fourth-order valence-corrected chi connectivity index (χ4v) is 3.08. The third-order valence-electron chi connectivity index (χ3n) is 4.54. The number of carbonyl (C=O) groups is 1. The van der Waals surface area contributed by atoms with Gasteiger partial charge in [-0.05, 0) is 52.3 Å². The number of hydrogen-bond donors (Lipinski definition) is 0. The van der Waals surface area contributed by atoms with Crippen LogP contribution in [0.15, 0.2) is 24.3 Å². The summed E-state index contributed by atoms with van der Waals surface area (Å²) < 4.78 is 0. The van der Waals surface area contributed by atoms with Crippen LogP contribution in [0, 0.1) is 12.8 Å². The number of nitrogens with zero attached hydrogens (tertiary/aromatic N) is 2. The van der Waals surface area contributed by atoms with Crippen LogP contribution in [0.1, 0.15) is 37.8 Å². The van der Waals surface area contributed by atoms with Gasteiger partial charge in [-0.1, -0.05) is 29.8 Å². The van der Waals surface area contributed by atoms with E-state index in [1.54, 1.807) is 0 Å². The predicted octanol–water partition coefficient (Wildman–Crippen LogP) is 3.08. The van der Waals surface area contributed by atoms with Crippen LogP contribution in [0.5, 0.6) is 0 Å². The molecule has 2 rings (SSSR count). The first-order valence-corrected chi connectivity index (χ1v) is 8.20. The van der Waals surface area contributed by atoms with Crippen LogP contribution in [-0.2, 0) is 11.3 Å². The zero-order valence-corrected chi connectivity index (χ0v) is 13.6. The Kier molecular flexibility index (Phi) is 5.80. The van der Waals surface area contributed by atoms with Crippen molar-refractivity contribution in [3.63, 3.8) is 0 Å². The van der Waals surface area contributed by atoms with Crippen molar-refractivity contribution < 1.29 is 4.79 Å². The Morgan fingerprint density at radius 1 is 1.14 bits per heavy atom. The van der Waals surface area contributed by atoms with Crippen LogP contribution < -0.4 is 0 Å². The number of carbonyl (C=O) groups excluding carboxylic acids is 1. The van der Waals surface area contributed by atoms with Gasteiger partial charge in [-0.2, -0.15) is 0 Å². The van der Waals surface area contributed by atoms with Crippen LogP contribution in [0.25, 0.3) is 0 Å². The molecular formula is C18H28N2O. The molecule has 1 heterocycles. The van der Waals surface area contributed by atoms with Crippen LogP contribution in [-0.4, -0.2) is 41.9 Å². The molecule has 0 bridgehead atoms. The maximum absolute atomic E-state index is 12.4. The summed E-state index contributed by atoms with van der Waals surface area (Å²) in [6, 6.07) is 8.77. The van der Waals surface area contributed by atoms with E-state index in [4.69, 9.17) is 0 Å². The van der Waals surface area contributed by atoms with Crippen LogP contribution >= 0.6 is 0 Å². The number of rotatable bonds is 5. The fourth-order valence-electron chi connectivity index (χ4n) is 3.08. The van der Waals surface area contributed by atoms with Crippen molar-refractivity contribution in [2.75, 3.05) is 26.2 Å². The number of amides is 1. The monoisotopic (exact) mass is 288 g/mol. The van der Waals surface area contributed by atoms with Crippen molar-refractivity contribution in [3.05, 3.63) is 35.4 Å². The molecule has 1 aliphatic rings. The summed E-state index contributed by atoms with van der Waals surface area (Å²) in [7, 11) is 0. The van der Waals surface area contributed by atoms with Gasteiger partial charge in [-0.3, -0.25) is 9.69 Å². The molecule has 1 saturated heterocycles. The summed E-state index contributed by atoms with van der Waals surface area (Å²) in [5.74, 6) is 0.592. The molecule has 1 amide bonds. The summed E-state index contributed by atoms with van der Waals surface area (Å²) in [6.07, 6.45) is 2.00. The fraction of sp³-hybridized carbons (Fsp3) is 0.611. The van der Waals surface area contributed by atoms with Crippen LogP contribution in [0.2, 0.25) is 0 Å². The highest BCUT2D eigenvalue weighted by Gasteiger charge is 2.27.